The van der Waals surface area contributed by atoms with E-state index in [1.54, 1.807) is 23.5 Å². The average Bonchev–Trinajstić information content (AvgIpc) is 3.32. The lowest BCUT2D eigenvalue weighted by Gasteiger charge is -2.33. The van der Waals surface area contributed by atoms with Crippen molar-refractivity contribution in [3.63, 3.8) is 0 Å². The number of aryl methyl sites for hydroxylation is 2. The molecule has 1 aromatic carbocycles. The Kier molecular flexibility index (Phi) is 6.22. The highest BCUT2D eigenvalue weighted by molar-refractivity contribution is 7.60. The largest absolute Gasteiger partial charge is 0.508 e. The van der Waals surface area contributed by atoms with Crippen LogP contribution in [0, 0.1) is 13.8 Å². The maximum absolute atomic E-state index is 14.3. The van der Waals surface area contributed by atoms with Crippen LogP contribution in [0.2, 0.25) is 0 Å². The zero-order valence-corrected chi connectivity index (χ0v) is 20.1. The summed E-state index contributed by atoms with van der Waals surface area (Å²) >= 11 is 1.67. The molecule has 1 atom stereocenters. The first-order chi connectivity index (χ1) is 14.8. The van der Waals surface area contributed by atoms with Crippen molar-refractivity contribution < 1.29 is 9.67 Å². The fraction of sp³-hybridized carbons (Fsp3) is 0.348. The van der Waals surface area contributed by atoms with E-state index in [-0.39, 0.29) is 11.4 Å². The number of phenolic OH excluding ortho intramolecular Hbond substituents is 1. The highest BCUT2D eigenvalue weighted by Gasteiger charge is 2.46. The number of likely N-dealkylation sites (N-methyl/N-ethyl adjacent to an activating group) is 2. The lowest BCUT2D eigenvalue weighted by atomic mass is 10.2. The van der Waals surface area contributed by atoms with Crippen molar-refractivity contribution in [2.75, 3.05) is 39.0 Å². The Morgan fingerprint density at radius 1 is 1.06 bits per heavy atom. The molecule has 3 heterocycles. The van der Waals surface area contributed by atoms with Gasteiger partial charge in [-0.1, -0.05) is 0 Å². The van der Waals surface area contributed by atoms with Gasteiger partial charge in [0.15, 0.2) is 0 Å². The molecule has 3 aromatic rings. The van der Waals surface area contributed by atoms with E-state index in [2.05, 4.69) is 22.4 Å². The lowest BCUT2D eigenvalue weighted by Crippen LogP contribution is -2.23. The van der Waals surface area contributed by atoms with Crippen LogP contribution in [-0.2, 0) is 4.57 Å². The third-order valence-electron chi connectivity index (χ3n) is 5.95. The number of thiophene rings is 1. The summed E-state index contributed by atoms with van der Waals surface area (Å²) in [5.74, 6) is 0.253. The third kappa shape index (κ3) is 4.28. The molecule has 0 aliphatic carbocycles. The molecule has 2 aromatic heterocycles. The molecule has 1 unspecified atom stereocenters. The number of aromatic nitrogens is 1. The smallest absolute Gasteiger partial charge is 0.225 e. The van der Waals surface area contributed by atoms with Gasteiger partial charge in [-0.05, 0) is 82.0 Å². The number of nitrogens with one attached hydrogen (secondary N) is 1. The molecule has 1 aliphatic heterocycles. The van der Waals surface area contributed by atoms with Crippen molar-refractivity contribution in [3.8, 4) is 16.2 Å². The van der Waals surface area contributed by atoms with E-state index in [9.17, 15) is 9.67 Å². The van der Waals surface area contributed by atoms with Crippen molar-refractivity contribution in [1.29, 1.82) is 0 Å². The molecule has 1 fully saturated rings. The van der Waals surface area contributed by atoms with Crippen molar-refractivity contribution in [2.45, 2.75) is 19.5 Å². The Morgan fingerprint density at radius 2 is 1.74 bits per heavy atom. The van der Waals surface area contributed by atoms with Crippen LogP contribution in [0.5, 0.6) is 5.75 Å². The number of hydrogen-bond donors (Lipinski definition) is 2. The van der Waals surface area contributed by atoms with E-state index in [1.807, 2.05) is 61.5 Å². The maximum Gasteiger partial charge on any atom is 0.225 e. The molecular formula is C23H29N4O2PS. The fourth-order valence-corrected chi connectivity index (χ4v) is 8.63. The molecule has 6 nitrogen and oxygen atoms in total. The Balaban J connectivity index is 1.67. The molecule has 1 saturated heterocycles. The second-order valence-electron chi connectivity index (χ2n) is 8.08. The summed E-state index contributed by atoms with van der Waals surface area (Å²) in [6.07, 6.45) is 0. The Bertz CT molecular complexity index is 1100. The van der Waals surface area contributed by atoms with Crippen LogP contribution < -0.4 is 5.32 Å². The number of hydrogen-bond acceptors (Lipinski definition) is 5. The standard InChI is InChI=1S/C23H29N4O2PS/c1-16-5-10-20(17(2)25-16)24-15-21(30(29)26(3)13-14-27(30)4)23-12-11-22(31-23)18-6-8-19(28)9-7-18/h5-12,21,24,28H,13-15H2,1-4H3. The Hall–Kier alpha value is -2.18. The Labute approximate surface area is 188 Å². The van der Waals surface area contributed by atoms with Crippen LogP contribution in [0.1, 0.15) is 21.9 Å². The average molecular weight is 457 g/mol. The van der Waals surface area contributed by atoms with E-state index < -0.39 is 7.44 Å². The molecule has 8 heteroatoms. The van der Waals surface area contributed by atoms with Gasteiger partial charge in [0.1, 0.15) is 5.75 Å². The van der Waals surface area contributed by atoms with Crippen molar-refractivity contribution in [2.24, 2.45) is 0 Å². The predicted molar refractivity (Wildman–Crippen MR) is 129 cm³/mol. The first kappa shape index (κ1) is 22.0. The minimum Gasteiger partial charge on any atom is -0.508 e. The maximum atomic E-state index is 14.3. The normalized spacial score (nSPS) is 17.7. The van der Waals surface area contributed by atoms with Gasteiger partial charge in [0.25, 0.3) is 0 Å². The fourth-order valence-electron chi connectivity index (χ4n) is 4.09. The molecule has 4 rings (SSSR count). The molecule has 0 bridgehead atoms. The van der Waals surface area contributed by atoms with Gasteiger partial charge in [-0.25, -0.2) is 9.34 Å². The lowest BCUT2D eigenvalue weighted by molar-refractivity contribution is 0.475. The number of phenols is 1. The number of benzene rings is 1. The third-order valence-corrected chi connectivity index (χ3v) is 11.0. The van der Waals surface area contributed by atoms with E-state index in [4.69, 9.17) is 0 Å². The van der Waals surface area contributed by atoms with Gasteiger partial charge in [-0.15, -0.1) is 11.3 Å². The molecule has 31 heavy (non-hydrogen) atoms. The van der Waals surface area contributed by atoms with Gasteiger partial charge in [0.05, 0.1) is 17.0 Å². The number of pyridine rings is 1. The van der Waals surface area contributed by atoms with Gasteiger partial charge in [0.2, 0.25) is 7.44 Å². The molecule has 164 valence electrons. The number of aromatic hydroxyl groups is 1. The molecule has 0 radical (unpaired) electrons. The van der Waals surface area contributed by atoms with E-state index in [0.717, 1.165) is 45.5 Å². The van der Waals surface area contributed by atoms with Crippen molar-refractivity contribution >= 4 is 24.5 Å². The quantitative estimate of drug-likeness (QED) is 0.487. The van der Waals surface area contributed by atoms with Crippen LogP contribution in [0.3, 0.4) is 0 Å². The molecule has 0 spiro atoms. The summed E-state index contributed by atoms with van der Waals surface area (Å²) in [5.41, 5.74) is 3.79. The van der Waals surface area contributed by atoms with Crippen molar-refractivity contribution in [1.82, 2.24) is 14.3 Å². The second-order valence-corrected chi connectivity index (χ2v) is 12.4. The van der Waals surface area contributed by atoms with Gasteiger partial charge in [0, 0.05) is 35.1 Å². The first-order valence-corrected chi connectivity index (χ1v) is 12.9. The zero-order chi connectivity index (χ0) is 22.2. The molecule has 2 N–H and O–H groups in total. The highest BCUT2D eigenvalue weighted by atomic mass is 32.1. The minimum atomic E-state index is -2.78. The Morgan fingerprint density at radius 3 is 2.39 bits per heavy atom. The van der Waals surface area contributed by atoms with E-state index in [0.29, 0.717) is 6.54 Å². The van der Waals surface area contributed by atoms with Crippen molar-refractivity contribution in [3.05, 3.63) is 64.8 Å². The first-order valence-electron chi connectivity index (χ1n) is 10.4. The summed E-state index contributed by atoms with van der Waals surface area (Å²) < 4.78 is 18.4. The van der Waals surface area contributed by atoms with Crippen LogP contribution in [-0.4, -0.2) is 53.2 Å². The zero-order valence-electron chi connectivity index (χ0n) is 18.4. The van der Waals surface area contributed by atoms with E-state index in [1.165, 1.54) is 0 Å². The molecule has 0 amide bonds. The summed E-state index contributed by atoms with van der Waals surface area (Å²) in [4.78, 5) is 6.75. The molecular weight excluding hydrogens is 427 g/mol. The molecule has 1 aliphatic rings. The number of nitrogens with zero attached hydrogens (tertiary/aromatic N) is 3. The van der Waals surface area contributed by atoms with Crippen LogP contribution in [0.4, 0.5) is 5.69 Å². The summed E-state index contributed by atoms with van der Waals surface area (Å²) in [7, 11) is 1.15. The minimum absolute atomic E-state index is 0.165. The predicted octanol–water partition coefficient (Wildman–Crippen LogP) is 5.36. The summed E-state index contributed by atoms with van der Waals surface area (Å²) in [5, 5.41) is 13.1. The second kappa shape index (κ2) is 8.75. The number of rotatable bonds is 6. The van der Waals surface area contributed by atoms with Gasteiger partial charge >= 0.3 is 0 Å². The highest BCUT2D eigenvalue weighted by Crippen LogP contribution is 2.66. The van der Waals surface area contributed by atoms with Gasteiger partial charge in [-0.2, -0.15) is 0 Å². The van der Waals surface area contributed by atoms with Gasteiger partial charge in [-0.3, -0.25) is 9.55 Å². The molecule has 0 saturated carbocycles. The van der Waals surface area contributed by atoms with Crippen LogP contribution in [0.15, 0.2) is 48.5 Å². The summed E-state index contributed by atoms with van der Waals surface area (Å²) in [6.45, 7) is 6.13. The van der Waals surface area contributed by atoms with E-state index >= 15 is 0 Å². The van der Waals surface area contributed by atoms with Crippen LogP contribution in [0.25, 0.3) is 10.4 Å². The van der Waals surface area contributed by atoms with Crippen LogP contribution >= 0.6 is 18.8 Å². The van der Waals surface area contributed by atoms with Gasteiger partial charge < -0.3 is 10.4 Å². The number of anilines is 1. The summed E-state index contributed by atoms with van der Waals surface area (Å²) in [6, 6.07) is 15.4. The topological polar surface area (TPSA) is 68.7 Å². The monoisotopic (exact) mass is 456 g/mol. The SMILES string of the molecule is Cc1ccc(NCC(c2ccc(-c3ccc(O)cc3)s2)P2(=O)N(C)CCN2C)c(C)n1.